The number of nitrogens with zero attached hydrogens (tertiary/aromatic N) is 2. The van der Waals surface area contributed by atoms with Crippen LogP contribution in [0.4, 0.5) is 0 Å². The van der Waals surface area contributed by atoms with Crippen LogP contribution in [0.25, 0.3) is 0 Å². The van der Waals surface area contributed by atoms with Gasteiger partial charge in [-0.1, -0.05) is 13.3 Å². The summed E-state index contributed by atoms with van der Waals surface area (Å²) in [6.45, 7) is 5.44. The standard InChI is InChI=1S/C14H25ClN2OS/c1-2-3-7-17(9-10-18)8-5-4-6-14-16-13(11-15)12-19-14/h12,18H,2-11H2,1H3. The molecule has 0 bridgehead atoms. The van der Waals surface area contributed by atoms with Crippen molar-refractivity contribution in [3.63, 3.8) is 0 Å². The van der Waals surface area contributed by atoms with Crippen molar-refractivity contribution >= 4 is 22.9 Å². The van der Waals surface area contributed by atoms with Gasteiger partial charge in [-0.2, -0.15) is 0 Å². The Kier molecular flexibility index (Phi) is 9.43. The minimum Gasteiger partial charge on any atom is -0.395 e. The molecule has 0 fully saturated rings. The molecule has 0 unspecified atom stereocenters. The summed E-state index contributed by atoms with van der Waals surface area (Å²) >= 11 is 7.45. The molecule has 0 radical (unpaired) electrons. The average Bonchev–Trinajstić information content (AvgIpc) is 2.88. The van der Waals surface area contributed by atoms with Crippen molar-refractivity contribution in [1.29, 1.82) is 0 Å². The Hall–Kier alpha value is -0.160. The Bertz CT molecular complexity index is 333. The fraction of sp³-hybridized carbons (Fsp3) is 0.786. The average molecular weight is 305 g/mol. The van der Waals surface area contributed by atoms with Crippen LogP contribution < -0.4 is 0 Å². The van der Waals surface area contributed by atoms with Gasteiger partial charge in [0.2, 0.25) is 0 Å². The van der Waals surface area contributed by atoms with E-state index in [1.165, 1.54) is 24.3 Å². The van der Waals surface area contributed by atoms with E-state index in [0.29, 0.717) is 5.88 Å². The Morgan fingerprint density at radius 3 is 2.68 bits per heavy atom. The van der Waals surface area contributed by atoms with E-state index in [2.05, 4.69) is 16.8 Å². The summed E-state index contributed by atoms with van der Waals surface area (Å²) in [5, 5.41) is 12.3. The van der Waals surface area contributed by atoms with E-state index in [0.717, 1.165) is 38.2 Å². The number of rotatable bonds is 11. The molecule has 1 aromatic heterocycles. The number of thiazole rings is 1. The lowest BCUT2D eigenvalue weighted by molar-refractivity contribution is 0.191. The summed E-state index contributed by atoms with van der Waals surface area (Å²) in [6, 6.07) is 0. The summed E-state index contributed by atoms with van der Waals surface area (Å²) in [7, 11) is 0. The lowest BCUT2D eigenvalue weighted by atomic mass is 10.2. The maximum atomic E-state index is 9.04. The smallest absolute Gasteiger partial charge is 0.0928 e. The van der Waals surface area contributed by atoms with Crippen LogP contribution in [0, 0.1) is 0 Å². The lowest BCUT2D eigenvalue weighted by Crippen LogP contribution is -2.29. The number of unbranched alkanes of at least 4 members (excludes halogenated alkanes) is 2. The Morgan fingerprint density at radius 1 is 1.26 bits per heavy atom. The summed E-state index contributed by atoms with van der Waals surface area (Å²) in [5.74, 6) is 0.512. The van der Waals surface area contributed by atoms with Crippen LogP contribution in [0.5, 0.6) is 0 Å². The third-order valence-corrected chi connectivity index (χ3v) is 4.33. The van der Waals surface area contributed by atoms with E-state index < -0.39 is 0 Å². The van der Waals surface area contributed by atoms with E-state index in [1.54, 1.807) is 11.3 Å². The molecule has 0 aromatic carbocycles. The zero-order chi connectivity index (χ0) is 13.9. The van der Waals surface area contributed by atoms with Crippen molar-refractivity contribution in [1.82, 2.24) is 9.88 Å². The second-order valence-corrected chi connectivity index (χ2v) is 5.95. The molecule has 19 heavy (non-hydrogen) atoms. The summed E-state index contributed by atoms with van der Waals surface area (Å²) in [6.07, 6.45) is 5.79. The van der Waals surface area contributed by atoms with Crippen molar-refractivity contribution < 1.29 is 5.11 Å². The van der Waals surface area contributed by atoms with Gasteiger partial charge >= 0.3 is 0 Å². The molecule has 1 aromatic rings. The molecule has 1 N–H and O–H groups in total. The quantitative estimate of drug-likeness (QED) is 0.503. The molecule has 0 saturated heterocycles. The number of halogens is 1. The molecule has 3 nitrogen and oxygen atoms in total. The molecule has 0 saturated carbocycles. The van der Waals surface area contributed by atoms with Gasteiger partial charge in [0.05, 0.1) is 23.2 Å². The third-order valence-electron chi connectivity index (χ3n) is 3.10. The first-order valence-corrected chi connectivity index (χ1v) is 8.54. The normalized spacial score (nSPS) is 11.4. The highest BCUT2D eigenvalue weighted by molar-refractivity contribution is 7.09. The van der Waals surface area contributed by atoms with Crippen LogP contribution in [-0.2, 0) is 12.3 Å². The third kappa shape index (κ3) is 7.25. The molecule has 1 rings (SSSR count). The first kappa shape index (κ1) is 16.9. The Labute approximate surface area is 125 Å². The van der Waals surface area contributed by atoms with Crippen LogP contribution in [-0.4, -0.2) is 41.2 Å². The predicted molar refractivity (Wildman–Crippen MR) is 83.0 cm³/mol. The van der Waals surface area contributed by atoms with E-state index in [1.807, 2.05) is 5.38 Å². The minimum absolute atomic E-state index is 0.259. The summed E-state index contributed by atoms with van der Waals surface area (Å²) in [4.78, 5) is 6.82. The molecule has 0 atom stereocenters. The molecule has 110 valence electrons. The molecule has 0 amide bonds. The largest absolute Gasteiger partial charge is 0.395 e. The summed E-state index contributed by atoms with van der Waals surface area (Å²) in [5.41, 5.74) is 0.992. The maximum Gasteiger partial charge on any atom is 0.0928 e. The molecule has 0 aliphatic heterocycles. The van der Waals surface area contributed by atoms with Gasteiger partial charge < -0.3 is 10.0 Å². The lowest BCUT2D eigenvalue weighted by Gasteiger charge is -2.20. The van der Waals surface area contributed by atoms with Crippen LogP contribution in [0.15, 0.2) is 5.38 Å². The van der Waals surface area contributed by atoms with E-state index in [9.17, 15) is 0 Å². The van der Waals surface area contributed by atoms with Gasteiger partial charge in [-0.25, -0.2) is 4.98 Å². The van der Waals surface area contributed by atoms with Crippen LogP contribution in [0.3, 0.4) is 0 Å². The highest BCUT2D eigenvalue weighted by atomic mass is 35.5. The molecule has 0 aliphatic carbocycles. The van der Waals surface area contributed by atoms with E-state index in [4.69, 9.17) is 16.7 Å². The number of aliphatic hydroxyl groups is 1. The fourth-order valence-electron chi connectivity index (χ4n) is 2.00. The first-order chi connectivity index (χ1) is 9.30. The molecular weight excluding hydrogens is 280 g/mol. The van der Waals surface area contributed by atoms with Crippen molar-refractivity contribution in [2.45, 2.75) is 44.9 Å². The highest BCUT2D eigenvalue weighted by Gasteiger charge is 2.05. The number of aromatic nitrogens is 1. The van der Waals surface area contributed by atoms with Gasteiger partial charge in [-0.15, -0.1) is 22.9 Å². The zero-order valence-electron chi connectivity index (χ0n) is 11.8. The monoisotopic (exact) mass is 304 g/mol. The van der Waals surface area contributed by atoms with Crippen molar-refractivity contribution in [3.8, 4) is 0 Å². The van der Waals surface area contributed by atoms with Crippen molar-refractivity contribution in [2.75, 3.05) is 26.2 Å². The minimum atomic E-state index is 0.259. The Balaban J connectivity index is 2.16. The van der Waals surface area contributed by atoms with Gasteiger partial charge in [0.25, 0.3) is 0 Å². The van der Waals surface area contributed by atoms with Gasteiger partial charge in [0.1, 0.15) is 0 Å². The molecule has 1 heterocycles. The van der Waals surface area contributed by atoms with E-state index in [-0.39, 0.29) is 6.61 Å². The van der Waals surface area contributed by atoms with Crippen LogP contribution >= 0.6 is 22.9 Å². The van der Waals surface area contributed by atoms with Crippen LogP contribution in [0.2, 0.25) is 0 Å². The highest BCUT2D eigenvalue weighted by Crippen LogP contribution is 2.14. The summed E-state index contributed by atoms with van der Waals surface area (Å²) < 4.78 is 0. The van der Waals surface area contributed by atoms with Gasteiger partial charge in [-0.05, 0) is 38.8 Å². The maximum absolute atomic E-state index is 9.04. The van der Waals surface area contributed by atoms with Gasteiger partial charge in [-0.3, -0.25) is 0 Å². The van der Waals surface area contributed by atoms with E-state index >= 15 is 0 Å². The molecule has 5 heteroatoms. The number of hydrogen-bond donors (Lipinski definition) is 1. The topological polar surface area (TPSA) is 36.4 Å². The number of aryl methyl sites for hydroxylation is 1. The second-order valence-electron chi connectivity index (χ2n) is 4.74. The SMILES string of the molecule is CCCCN(CCO)CCCCc1nc(CCl)cs1. The van der Waals surface area contributed by atoms with Gasteiger partial charge in [0.15, 0.2) is 0 Å². The molecule has 0 spiro atoms. The molecule has 0 aliphatic rings. The zero-order valence-corrected chi connectivity index (χ0v) is 13.3. The number of aliphatic hydroxyl groups excluding tert-OH is 1. The fourth-order valence-corrected chi connectivity index (χ4v) is 3.06. The van der Waals surface area contributed by atoms with Crippen LogP contribution in [0.1, 0.15) is 43.3 Å². The molecular formula is C14H25ClN2OS. The van der Waals surface area contributed by atoms with Gasteiger partial charge in [0, 0.05) is 11.9 Å². The predicted octanol–water partition coefficient (Wildman–Crippen LogP) is 3.30. The van der Waals surface area contributed by atoms with Crippen molar-refractivity contribution in [2.24, 2.45) is 0 Å². The first-order valence-electron chi connectivity index (χ1n) is 7.12. The number of alkyl halides is 1. The Morgan fingerprint density at radius 2 is 2.05 bits per heavy atom. The van der Waals surface area contributed by atoms with Crippen molar-refractivity contribution in [3.05, 3.63) is 16.1 Å². The number of hydrogen-bond acceptors (Lipinski definition) is 4. The second kappa shape index (κ2) is 10.6.